The Labute approximate surface area is 202 Å². The van der Waals surface area contributed by atoms with Crippen molar-refractivity contribution in [3.8, 4) is 0 Å². The summed E-state index contributed by atoms with van der Waals surface area (Å²) >= 11 is 1.68. The first-order valence-corrected chi connectivity index (χ1v) is 13.1. The molecule has 3 aliphatic heterocycles. The van der Waals surface area contributed by atoms with Crippen LogP contribution in [0.2, 0.25) is 0 Å². The number of fused-ring (bicyclic) bond motifs is 1. The Morgan fingerprint density at radius 2 is 2.03 bits per heavy atom. The maximum Gasteiger partial charge on any atom is 0.310 e. The Morgan fingerprint density at radius 1 is 1.33 bits per heavy atom. The van der Waals surface area contributed by atoms with Crippen molar-refractivity contribution in [2.24, 2.45) is 17.8 Å². The van der Waals surface area contributed by atoms with Gasteiger partial charge in [-0.1, -0.05) is 13.0 Å². The summed E-state index contributed by atoms with van der Waals surface area (Å²) in [4.78, 5) is 44.7. The number of thioether (sulfide) groups is 1. The average molecular weight is 481 g/mol. The molecule has 6 atom stereocenters. The van der Waals surface area contributed by atoms with Gasteiger partial charge in [-0.3, -0.25) is 14.4 Å². The van der Waals surface area contributed by atoms with E-state index in [1.54, 1.807) is 29.7 Å². The SMILES string of the molecule is C=CCN(C(=O)C1N(CCCCCO)C(=O)[C@@H]2[C@@H](C(=O)OCC)[C@H]3CC(C)C12S3)C(C)(C)C. The second kappa shape index (κ2) is 9.98. The van der Waals surface area contributed by atoms with Crippen molar-refractivity contribution < 1.29 is 24.2 Å². The first-order valence-electron chi connectivity index (χ1n) is 12.2. The highest BCUT2D eigenvalue weighted by molar-refractivity contribution is 8.02. The highest BCUT2D eigenvalue weighted by Gasteiger charge is 2.76. The fraction of sp³-hybridized carbons (Fsp3) is 0.800. The predicted octanol–water partition coefficient (Wildman–Crippen LogP) is 2.86. The largest absolute Gasteiger partial charge is 0.466 e. The van der Waals surface area contributed by atoms with E-state index >= 15 is 0 Å². The third-order valence-electron chi connectivity index (χ3n) is 7.48. The van der Waals surface area contributed by atoms with Gasteiger partial charge >= 0.3 is 5.97 Å². The molecule has 3 saturated heterocycles. The number of hydrogen-bond donors (Lipinski definition) is 1. The number of ether oxygens (including phenoxy) is 1. The third-order valence-corrected chi connectivity index (χ3v) is 9.56. The molecule has 0 radical (unpaired) electrons. The second-order valence-electron chi connectivity index (χ2n) is 10.5. The van der Waals surface area contributed by atoms with Crippen molar-refractivity contribution in [3.05, 3.63) is 12.7 Å². The van der Waals surface area contributed by atoms with Gasteiger partial charge in [0.1, 0.15) is 6.04 Å². The van der Waals surface area contributed by atoms with Crippen molar-refractivity contribution in [2.45, 2.75) is 81.9 Å². The van der Waals surface area contributed by atoms with Crippen LogP contribution in [0.4, 0.5) is 0 Å². The summed E-state index contributed by atoms with van der Waals surface area (Å²) in [6, 6.07) is -0.618. The monoisotopic (exact) mass is 480 g/mol. The molecule has 3 fully saturated rings. The van der Waals surface area contributed by atoms with Crippen LogP contribution in [-0.4, -0.2) is 80.6 Å². The molecular weight excluding hydrogens is 440 g/mol. The van der Waals surface area contributed by atoms with Crippen molar-refractivity contribution in [1.82, 2.24) is 9.80 Å². The van der Waals surface area contributed by atoms with Crippen LogP contribution in [0.15, 0.2) is 12.7 Å². The highest BCUT2D eigenvalue weighted by Crippen LogP contribution is 2.68. The van der Waals surface area contributed by atoms with Crippen LogP contribution >= 0.6 is 11.8 Å². The Balaban J connectivity index is 2.05. The van der Waals surface area contributed by atoms with Crippen molar-refractivity contribution in [2.75, 3.05) is 26.3 Å². The topological polar surface area (TPSA) is 87.2 Å². The number of rotatable bonds is 10. The lowest BCUT2D eigenvalue weighted by molar-refractivity contribution is -0.154. The lowest BCUT2D eigenvalue weighted by Crippen LogP contribution is -2.60. The van der Waals surface area contributed by atoms with E-state index in [2.05, 4.69) is 13.5 Å². The molecule has 3 heterocycles. The van der Waals surface area contributed by atoms with E-state index in [0.29, 0.717) is 25.9 Å². The molecule has 2 bridgehead atoms. The van der Waals surface area contributed by atoms with Gasteiger partial charge < -0.3 is 19.6 Å². The van der Waals surface area contributed by atoms with Gasteiger partial charge in [0.15, 0.2) is 0 Å². The van der Waals surface area contributed by atoms with Crippen molar-refractivity contribution >= 4 is 29.5 Å². The number of aliphatic hydroxyl groups is 1. The predicted molar refractivity (Wildman–Crippen MR) is 130 cm³/mol. The molecule has 7 nitrogen and oxygen atoms in total. The Kier molecular flexibility index (Phi) is 7.89. The number of hydrogen-bond acceptors (Lipinski definition) is 6. The number of carbonyl (C=O) groups is 3. The second-order valence-corrected chi connectivity index (χ2v) is 12.1. The van der Waals surface area contributed by atoms with Gasteiger partial charge in [0, 0.05) is 30.5 Å². The molecule has 0 aromatic heterocycles. The summed E-state index contributed by atoms with van der Waals surface area (Å²) in [6.07, 6.45) is 4.68. The first-order chi connectivity index (χ1) is 15.6. The molecule has 186 valence electrons. The van der Waals surface area contributed by atoms with Gasteiger partial charge in [0.25, 0.3) is 0 Å². The van der Waals surface area contributed by atoms with Crippen LogP contribution in [0.1, 0.15) is 60.3 Å². The van der Waals surface area contributed by atoms with Crippen LogP contribution in [0, 0.1) is 17.8 Å². The molecule has 3 aliphatic rings. The fourth-order valence-electron chi connectivity index (χ4n) is 6.09. The van der Waals surface area contributed by atoms with E-state index in [0.717, 1.165) is 12.8 Å². The number of amides is 2. The molecule has 3 rings (SSSR count). The van der Waals surface area contributed by atoms with Gasteiger partial charge in [-0.25, -0.2) is 0 Å². The van der Waals surface area contributed by atoms with Crippen LogP contribution < -0.4 is 0 Å². The summed E-state index contributed by atoms with van der Waals surface area (Å²) in [5.41, 5.74) is -0.434. The minimum atomic E-state index is -0.627. The molecule has 0 aliphatic carbocycles. The molecule has 0 aromatic carbocycles. The molecule has 1 N–H and O–H groups in total. The van der Waals surface area contributed by atoms with Crippen LogP contribution in [0.5, 0.6) is 0 Å². The van der Waals surface area contributed by atoms with E-state index in [-0.39, 0.29) is 42.2 Å². The maximum absolute atomic E-state index is 14.2. The number of esters is 1. The molecule has 0 aromatic rings. The first kappa shape index (κ1) is 26.1. The van der Waals surface area contributed by atoms with Crippen LogP contribution in [0.3, 0.4) is 0 Å². The summed E-state index contributed by atoms with van der Waals surface area (Å²) in [5, 5.41) is 9.17. The lowest BCUT2D eigenvalue weighted by Gasteiger charge is -2.44. The van der Waals surface area contributed by atoms with E-state index in [4.69, 9.17) is 9.84 Å². The maximum atomic E-state index is 14.2. The zero-order chi connectivity index (χ0) is 24.6. The Bertz CT molecular complexity index is 781. The fourth-order valence-corrected chi connectivity index (χ4v) is 8.49. The van der Waals surface area contributed by atoms with Gasteiger partial charge in [-0.05, 0) is 59.3 Å². The number of carbonyl (C=O) groups excluding carboxylic acids is 3. The van der Waals surface area contributed by atoms with Gasteiger partial charge in [0.2, 0.25) is 11.8 Å². The lowest BCUT2D eigenvalue weighted by atomic mass is 9.66. The molecule has 8 heteroatoms. The molecule has 33 heavy (non-hydrogen) atoms. The zero-order valence-corrected chi connectivity index (χ0v) is 21.5. The Hall–Kier alpha value is -1.54. The van der Waals surface area contributed by atoms with E-state index in [1.807, 2.05) is 25.7 Å². The third kappa shape index (κ3) is 4.33. The molecular formula is C25H40N2O5S. The van der Waals surface area contributed by atoms with Crippen molar-refractivity contribution in [1.29, 1.82) is 0 Å². The molecule has 0 saturated carbocycles. The van der Waals surface area contributed by atoms with E-state index in [9.17, 15) is 14.4 Å². The molecule has 2 amide bonds. The summed E-state index contributed by atoms with van der Waals surface area (Å²) in [7, 11) is 0. The van der Waals surface area contributed by atoms with Crippen LogP contribution in [0.25, 0.3) is 0 Å². The number of unbranched alkanes of at least 4 members (excludes halogenated alkanes) is 2. The van der Waals surface area contributed by atoms with Gasteiger partial charge in [0.05, 0.1) is 23.2 Å². The Morgan fingerprint density at radius 3 is 2.61 bits per heavy atom. The number of nitrogens with zero attached hydrogens (tertiary/aromatic N) is 2. The van der Waals surface area contributed by atoms with E-state index in [1.165, 1.54) is 0 Å². The smallest absolute Gasteiger partial charge is 0.310 e. The summed E-state index contributed by atoms with van der Waals surface area (Å²) < 4.78 is 4.76. The van der Waals surface area contributed by atoms with Crippen molar-refractivity contribution in [3.63, 3.8) is 0 Å². The van der Waals surface area contributed by atoms with E-state index < -0.39 is 28.2 Å². The summed E-state index contributed by atoms with van der Waals surface area (Å²) in [5.74, 6) is -1.37. The molecule has 3 unspecified atom stereocenters. The number of aliphatic hydroxyl groups excluding tert-OH is 1. The minimum absolute atomic E-state index is 0.00216. The minimum Gasteiger partial charge on any atom is -0.466 e. The van der Waals surface area contributed by atoms with Crippen LogP contribution in [-0.2, 0) is 19.1 Å². The standard InChI is InChI=1S/C25H40N2O5S/c1-7-12-27(24(4,5)6)22(30)20-25-16(3)15-17(33-25)18(23(31)32-8-2)19(25)21(29)26(20)13-10-9-11-14-28/h7,16-20,28H,1,8-15H2,2-6H3/t16?,17-,18+,19+,20?,25?/m1/s1. The number of likely N-dealkylation sites (tertiary alicyclic amines) is 1. The molecule has 1 spiro atoms. The van der Waals surface area contributed by atoms with Gasteiger partial charge in [-0.2, -0.15) is 0 Å². The average Bonchev–Trinajstić information content (AvgIpc) is 3.32. The summed E-state index contributed by atoms with van der Waals surface area (Å²) in [6.45, 7) is 15.0. The van der Waals surface area contributed by atoms with Gasteiger partial charge in [-0.15, -0.1) is 18.3 Å². The zero-order valence-electron chi connectivity index (χ0n) is 20.7. The quantitative estimate of drug-likeness (QED) is 0.294. The highest BCUT2D eigenvalue weighted by atomic mass is 32.2. The normalized spacial score (nSPS) is 32.7.